The minimum atomic E-state index is -3.18. The first-order valence-electron chi connectivity index (χ1n) is 7.48. The highest BCUT2D eigenvalue weighted by Crippen LogP contribution is 2.26. The van der Waals surface area contributed by atoms with Crippen LogP contribution in [-0.2, 0) is 10.0 Å². The van der Waals surface area contributed by atoms with Crippen molar-refractivity contribution < 1.29 is 8.42 Å². The second kappa shape index (κ2) is 7.58. The lowest BCUT2D eigenvalue weighted by Gasteiger charge is -2.28. The third kappa shape index (κ3) is 4.95. The second-order valence-corrected chi connectivity index (χ2v) is 7.84. The molecule has 0 bridgehead atoms. The van der Waals surface area contributed by atoms with Gasteiger partial charge >= 0.3 is 0 Å². The number of benzene rings is 1. The Hall–Kier alpha value is -0.620. The van der Waals surface area contributed by atoms with Crippen molar-refractivity contribution >= 4 is 21.6 Å². The molecular formula is C15H23ClN2O2S. The maximum absolute atomic E-state index is 11.9. The maximum Gasteiger partial charge on any atom is 0.211 e. The Morgan fingerprint density at radius 2 is 2.05 bits per heavy atom. The van der Waals surface area contributed by atoms with Crippen molar-refractivity contribution in [2.75, 3.05) is 25.4 Å². The Morgan fingerprint density at radius 3 is 2.67 bits per heavy atom. The van der Waals surface area contributed by atoms with Crippen LogP contribution in [0.5, 0.6) is 0 Å². The van der Waals surface area contributed by atoms with Crippen LogP contribution in [0.1, 0.15) is 37.8 Å². The molecule has 1 aliphatic heterocycles. The Morgan fingerprint density at radius 1 is 1.33 bits per heavy atom. The summed E-state index contributed by atoms with van der Waals surface area (Å²) in [5, 5.41) is 0.688. The second-order valence-electron chi connectivity index (χ2n) is 5.48. The summed E-state index contributed by atoms with van der Waals surface area (Å²) in [7, 11) is -3.18. The molecule has 0 spiro atoms. The fraction of sp³-hybridized carbons (Fsp3) is 0.600. The molecule has 1 unspecified atom stereocenters. The molecule has 0 saturated carbocycles. The van der Waals surface area contributed by atoms with E-state index in [1.807, 2.05) is 31.2 Å². The predicted octanol–water partition coefficient (Wildman–Crippen LogP) is 2.81. The normalized spacial score (nSPS) is 18.0. The van der Waals surface area contributed by atoms with Gasteiger partial charge in [0, 0.05) is 17.6 Å². The number of hydrogen-bond acceptors (Lipinski definition) is 3. The molecule has 1 aromatic rings. The summed E-state index contributed by atoms with van der Waals surface area (Å²) in [4.78, 5) is 2.33. The molecule has 0 aliphatic carbocycles. The van der Waals surface area contributed by atoms with Gasteiger partial charge in [0.15, 0.2) is 0 Å². The number of rotatable bonds is 7. The zero-order valence-corrected chi connectivity index (χ0v) is 14.0. The van der Waals surface area contributed by atoms with Crippen molar-refractivity contribution in [1.82, 2.24) is 9.62 Å². The van der Waals surface area contributed by atoms with Crippen LogP contribution in [0.2, 0.25) is 5.02 Å². The van der Waals surface area contributed by atoms with Crippen molar-refractivity contribution in [2.45, 2.75) is 32.2 Å². The molecule has 118 valence electrons. The van der Waals surface area contributed by atoms with Crippen molar-refractivity contribution in [1.29, 1.82) is 0 Å². The van der Waals surface area contributed by atoms with Gasteiger partial charge in [0.25, 0.3) is 0 Å². The van der Waals surface area contributed by atoms with E-state index in [0.717, 1.165) is 18.7 Å². The van der Waals surface area contributed by atoms with Gasteiger partial charge in [-0.05, 0) is 50.0 Å². The summed E-state index contributed by atoms with van der Waals surface area (Å²) in [5.41, 5.74) is 1.07. The fourth-order valence-electron chi connectivity index (χ4n) is 2.77. The van der Waals surface area contributed by atoms with Gasteiger partial charge in [-0.3, -0.25) is 4.90 Å². The lowest BCUT2D eigenvalue weighted by molar-refractivity contribution is 0.246. The minimum Gasteiger partial charge on any atom is -0.295 e. The molecule has 1 saturated heterocycles. The van der Waals surface area contributed by atoms with Gasteiger partial charge in [0.2, 0.25) is 10.0 Å². The highest BCUT2D eigenvalue weighted by atomic mass is 35.5. The Labute approximate surface area is 132 Å². The van der Waals surface area contributed by atoms with Crippen molar-refractivity contribution in [3.63, 3.8) is 0 Å². The Kier molecular flexibility index (Phi) is 6.05. The predicted molar refractivity (Wildman–Crippen MR) is 87.1 cm³/mol. The molecule has 1 atom stereocenters. The summed E-state index contributed by atoms with van der Waals surface area (Å²) < 4.78 is 26.5. The monoisotopic (exact) mass is 330 g/mol. The maximum atomic E-state index is 11.9. The first kappa shape index (κ1) is 16.7. The van der Waals surface area contributed by atoms with E-state index >= 15 is 0 Å². The number of hydrogen-bond donors (Lipinski definition) is 1. The molecule has 1 N–H and O–H groups in total. The van der Waals surface area contributed by atoms with Gasteiger partial charge in [0.1, 0.15) is 0 Å². The molecule has 2 rings (SSSR count). The van der Waals surface area contributed by atoms with Gasteiger partial charge in [-0.2, -0.15) is 0 Å². The summed E-state index contributed by atoms with van der Waals surface area (Å²) in [6, 6.07) is 7.76. The molecule has 1 fully saturated rings. The number of halogens is 1. The third-order valence-electron chi connectivity index (χ3n) is 3.78. The van der Waals surface area contributed by atoms with Crippen LogP contribution in [0, 0.1) is 0 Å². The fourth-order valence-corrected chi connectivity index (χ4v) is 4.06. The summed E-state index contributed by atoms with van der Waals surface area (Å²) in [6.07, 6.45) is 2.96. The number of likely N-dealkylation sites (tertiary alicyclic amines) is 1. The van der Waals surface area contributed by atoms with Gasteiger partial charge in [0.05, 0.1) is 5.75 Å². The molecule has 1 aliphatic rings. The van der Waals surface area contributed by atoms with E-state index in [-0.39, 0.29) is 11.8 Å². The third-order valence-corrected chi connectivity index (χ3v) is 5.57. The highest BCUT2D eigenvalue weighted by Gasteiger charge is 2.25. The highest BCUT2D eigenvalue weighted by molar-refractivity contribution is 7.89. The molecule has 6 heteroatoms. The van der Waals surface area contributed by atoms with Crippen molar-refractivity contribution in [2.24, 2.45) is 0 Å². The molecule has 1 heterocycles. The van der Waals surface area contributed by atoms with E-state index in [4.69, 9.17) is 11.6 Å². The van der Waals surface area contributed by atoms with Crippen LogP contribution in [0.15, 0.2) is 24.3 Å². The van der Waals surface area contributed by atoms with Crippen LogP contribution >= 0.6 is 11.6 Å². The van der Waals surface area contributed by atoms with Crippen molar-refractivity contribution in [3.8, 4) is 0 Å². The molecular weight excluding hydrogens is 308 g/mol. The van der Waals surface area contributed by atoms with Crippen LogP contribution < -0.4 is 4.72 Å². The molecule has 4 nitrogen and oxygen atoms in total. The van der Waals surface area contributed by atoms with E-state index in [1.54, 1.807) is 0 Å². The number of nitrogens with zero attached hydrogens (tertiary/aromatic N) is 1. The average Bonchev–Trinajstić information content (AvgIpc) is 2.93. The topological polar surface area (TPSA) is 49.4 Å². The van der Waals surface area contributed by atoms with Gasteiger partial charge in [-0.15, -0.1) is 0 Å². The molecule has 1 aromatic carbocycles. The van der Waals surface area contributed by atoms with Gasteiger partial charge in [-0.25, -0.2) is 13.1 Å². The molecule has 0 aromatic heterocycles. The zero-order valence-electron chi connectivity index (χ0n) is 12.4. The zero-order chi connectivity index (χ0) is 15.3. The SMILES string of the molecule is CCCS(=O)(=O)NCC(c1cccc(Cl)c1)N1CCCC1. The number of nitrogens with one attached hydrogen (secondary N) is 1. The van der Waals surface area contributed by atoms with E-state index in [2.05, 4.69) is 9.62 Å². The molecule has 0 amide bonds. The van der Waals surface area contributed by atoms with Crippen LogP contribution in [0.3, 0.4) is 0 Å². The summed E-state index contributed by atoms with van der Waals surface area (Å²) in [5.74, 6) is 0.176. The number of sulfonamides is 1. The lowest BCUT2D eigenvalue weighted by Crippen LogP contribution is -2.37. The van der Waals surface area contributed by atoms with Gasteiger partial charge in [-0.1, -0.05) is 30.7 Å². The Bertz CT molecular complexity index is 557. The van der Waals surface area contributed by atoms with E-state index < -0.39 is 10.0 Å². The lowest BCUT2D eigenvalue weighted by atomic mass is 10.1. The van der Waals surface area contributed by atoms with Crippen LogP contribution in [-0.4, -0.2) is 38.7 Å². The van der Waals surface area contributed by atoms with E-state index in [0.29, 0.717) is 18.0 Å². The standard InChI is InChI=1S/C15H23ClN2O2S/c1-2-10-21(19,20)17-12-15(18-8-3-4-9-18)13-6-5-7-14(16)11-13/h5-7,11,15,17H,2-4,8-10,12H2,1H3. The van der Waals surface area contributed by atoms with Crippen LogP contribution in [0.4, 0.5) is 0 Å². The molecule has 21 heavy (non-hydrogen) atoms. The summed E-state index contributed by atoms with van der Waals surface area (Å²) >= 11 is 6.08. The van der Waals surface area contributed by atoms with E-state index in [9.17, 15) is 8.42 Å². The average molecular weight is 331 g/mol. The summed E-state index contributed by atoms with van der Waals surface area (Å²) in [6.45, 7) is 4.29. The van der Waals surface area contributed by atoms with Crippen LogP contribution in [0.25, 0.3) is 0 Å². The largest absolute Gasteiger partial charge is 0.295 e. The van der Waals surface area contributed by atoms with Crippen molar-refractivity contribution in [3.05, 3.63) is 34.9 Å². The Balaban J connectivity index is 2.13. The quantitative estimate of drug-likeness (QED) is 0.836. The minimum absolute atomic E-state index is 0.0535. The first-order valence-corrected chi connectivity index (χ1v) is 9.51. The molecule has 0 radical (unpaired) electrons. The smallest absolute Gasteiger partial charge is 0.211 e. The van der Waals surface area contributed by atoms with E-state index in [1.165, 1.54) is 12.8 Å². The van der Waals surface area contributed by atoms with Gasteiger partial charge < -0.3 is 0 Å². The first-order chi connectivity index (χ1) is 10.0.